The Bertz CT molecular complexity index is 420. The zero-order chi connectivity index (χ0) is 9.26. The van der Waals surface area contributed by atoms with Crippen LogP contribution < -0.4 is 0 Å². The number of hydrogen-bond acceptors (Lipinski definition) is 2. The molecule has 3 heteroatoms. The summed E-state index contributed by atoms with van der Waals surface area (Å²) < 4.78 is 5.00. The fourth-order valence-corrected chi connectivity index (χ4v) is 1.43. The van der Waals surface area contributed by atoms with Crippen LogP contribution in [-0.2, 0) is 11.3 Å². The highest BCUT2D eigenvalue weighted by Crippen LogP contribution is 2.15. The monoisotopic (exact) mass is 176 g/mol. The zero-order valence-electron chi connectivity index (χ0n) is 7.79. The summed E-state index contributed by atoms with van der Waals surface area (Å²) in [6, 6.07) is 6.10. The number of aromatic nitrogens is 2. The van der Waals surface area contributed by atoms with Gasteiger partial charge in [-0.05, 0) is 18.6 Å². The molecule has 1 aromatic heterocycles. The molecule has 0 spiro atoms. The Kier molecular flexibility index (Phi) is 2.02. The van der Waals surface area contributed by atoms with Gasteiger partial charge in [0.05, 0.1) is 11.0 Å². The molecule has 2 rings (SSSR count). The van der Waals surface area contributed by atoms with Gasteiger partial charge >= 0.3 is 0 Å². The lowest BCUT2D eigenvalue weighted by Crippen LogP contribution is -1.88. The Balaban J connectivity index is 2.55. The molecule has 2 aromatic rings. The van der Waals surface area contributed by atoms with Gasteiger partial charge in [0, 0.05) is 7.11 Å². The van der Waals surface area contributed by atoms with E-state index >= 15 is 0 Å². The van der Waals surface area contributed by atoms with Crippen molar-refractivity contribution >= 4 is 11.0 Å². The van der Waals surface area contributed by atoms with Crippen molar-refractivity contribution in [1.82, 2.24) is 9.97 Å². The lowest BCUT2D eigenvalue weighted by molar-refractivity contribution is 0.179. The summed E-state index contributed by atoms with van der Waals surface area (Å²) in [6.07, 6.45) is 0. The molecule has 0 aliphatic rings. The second kappa shape index (κ2) is 3.18. The molecule has 1 N–H and O–H groups in total. The number of nitrogens with zero attached hydrogens (tertiary/aromatic N) is 1. The molecule has 1 heterocycles. The van der Waals surface area contributed by atoms with Gasteiger partial charge in [-0.3, -0.25) is 0 Å². The van der Waals surface area contributed by atoms with Crippen molar-refractivity contribution in [3.8, 4) is 0 Å². The lowest BCUT2D eigenvalue weighted by atomic mass is 10.2. The predicted molar refractivity (Wildman–Crippen MR) is 51.5 cm³/mol. The van der Waals surface area contributed by atoms with E-state index in [1.807, 2.05) is 12.1 Å². The number of aromatic amines is 1. The first-order valence-corrected chi connectivity index (χ1v) is 4.24. The van der Waals surface area contributed by atoms with Gasteiger partial charge in [-0.1, -0.05) is 12.1 Å². The highest BCUT2D eigenvalue weighted by molar-refractivity contribution is 5.78. The van der Waals surface area contributed by atoms with E-state index in [4.69, 9.17) is 4.74 Å². The molecular formula is C10H12N2O. The number of H-pyrrole nitrogens is 1. The van der Waals surface area contributed by atoms with Gasteiger partial charge < -0.3 is 9.72 Å². The van der Waals surface area contributed by atoms with Crippen LogP contribution in [0.4, 0.5) is 0 Å². The van der Waals surface area contributed by atoms with Gasteiger partial charge in [-0.25, -0.2) is 4.98 Å². The van der Waals surface area contributed by atoms with E-state index in [1.165, 1.54) is 5.56 Å². The highest BCUT2D eigenvalue weighted by Gasteiger charge is 2.03. The van der Waals surface area contributed by atoms with Gasteiger partial charge in [0.25, 0.3) is 0 Å². The van der Waals surface area contributed by atoms with Crippen molar-refractivity contribution in [2.75, 3.05) is 7.11 Å². The predicted octanol–water partition coefficient (Wildman–Crippen LogP) is 2.02. The molecule has 0 radical (unpaired) electrons. The zero-order valence-corrected chi connectivity index (χ0v) is 7.79. The molecule has 0 saturated heterocycles. The van der Waals surface area contributed by atoms with Gasteiger partial charge in [0.1, 0.15) is 12.4 Å². The molecule has 68 valence electrons. The highest BCUT2D eigenvalue weighted by atomic mass is 16.5. The molecule has 0 saturated carbocycles. The first kappa shape index (κ1) is 8.26. The fraction of sp³-hybridized carbons (Fsp3) is 0.300. The third-order valence-corrected chi connectivity index (χ3v) is 2.04. The largest absolute Gasteiger partial charge is 0.377 e. The van der Waals surface area contributed by atoms with Crippen LogP contribution >= 0.6 is 0 Å². The van der Waals surface area contributed by atoms with E-state index in [0.717, 1.165) is 16.9 Å². The maximum absolute atomic E-state index is 5.00. The number of nitrogens with one attached hydrogen (secondary N) is 1. The minimum absolute atomic E-state index is 0.536. The molecule has 0 fully saturated rings. The lowest BCUT2D eigenvalue weighted by Gasteiger charge is -1.90. The molecule has 0 atom stereocenters. The Hall–Kier alpha value is -1.35. The van der Waals surface area contributed by atoms with Crippen molar-refractivity contribution in [1.29, 1.82) is 0 Å². The molecule has 3 nitrogen and oxygen atoms in total. The molecule has 13 heavy (non-hydrogen) atoms. The average Bonchev–Trinajstić information content (AvgIpc) is 2.49. The van der Waals surface area contributed by atoms with E-state index in [-0.39, 0.29) is 0 Å². The maximum Gasteiger partial charge on any atom is 0.133 e. The number of benzene rings is 1. The van der Waals surface area contributed by atoms with E-state index in [9.17, 15) is 0 Å². The Morgan fingerprint density at radius 3 is 3.00 bits per heavy atom. The Morgan fingerprint density at radius 2 is 2.31 bits per heavy atom. The molecule has 0 unspecified atom stereocenters. The summed E-state index contributed by atoms with van der Waals surface area (Å²) in [6.45, 7) is 2.59. The molecular weight excluding hydrogens is 164 g/mol. The van der Waals surface area contributed by atoms with Crippen molar-refractivity contribution in [2.45, 2.75) is 13.5 Å². The molecule has 0 amide bonds. The summed E-state index contributed by atoms with van der Waals surface area (Å²) in [4.78, 5) is 7.62. The number of imidazole rings is 1. The minimum atomic E-state index is 0.536. The van der Waals surface area contributed by atoms with E-state index in [2.05, 4.69) is 23.0 Å². The first-order valence-electron chi connectivity index (χ1n) is 4.24. The molecule has 0 aliphatic heterocycles. The molecule has 1 aromatic carbocycles. The third kappa shape index (κ3) is 1.42. The summed E-state index contributed by atoms with van der Waals surface area (Å²) in [5, 5.41) is 0. The average molecular weight is 176 g/mol. The van der Waals surface area contributed by atoms with Crippen molar-refractivity contribution in [3.63, 3.8) is 0 Å². The maximum atomic E-state index is 5.00. The van der Waals surface area contributed by atoms with E-state index in [0.29, 0.717) is 6.61 Å². The normalized spacial score (nSPS) is 10.9. The molecule has 0 aliphatic carbocycles. The number of ether oxygens (including phenoxy) is 1. The fourth-order valence-electron chi connectivity index (χ4n) is 1.43. The third-order valence-electron chi connectivity index (χ3n) is 2.04. The number of fused-ring (bicyclic) bond motifs is 1. The quantitative estimate of drug-likeness (QED) is 0.760. The topological polar surface area (TPSA) is 37.9 Å². The number of aryl methyl sites for hydroxylation is 1. The second-order valence-corrected chi connectivity index (χ2v) is 3.09. The van der Waals surface area contributed by atoms with Crippen LogP contribution in [0.15, 0.2) is 18.2 Å². The van der Waals surface area contributed by atoms with Crippen LogP contribution in [0.2, 0.25) is 0 Å². The van der Waals surface area contributed by atoms with E-state index in [1.54, 1.807) is 7.11 Å². The van der Waals surface area contributed by atoms with Crippen LogP contribution in [0.5, 0.6) is 0 Å². The van der Waals surface area contributed by atoms with E-state index < -0.39 is 0 Å². The Morgan fingerprint density at radius 1 is 1.46 bits per heavy atom. The van der Waals surface area contributed by atoms with Crippen molar-refractivity contribution in [3.05, 3.63) is 29.6 Å². The summed E-state index contributed by atoms with van der Waals surface area (Å²) in [5.74, 6) is 0.881. The standard InChI is InChI=1S/C10H12N2O/c1-7-4-3-5-8-10(7)12-9(11-8)6-13-2/h3-5H,6H2,1-2H3,(H,11,12). The van der Waals surface area contributed by atoms with Gasteiger partial charge in [-0.2, -0.15) is 0 Å². The van der Waals surface area contributed by atoms with Crippen LogP contribution in [0.3, 0.4) is 0 Å². The second-order valence-electron chi connectivity index (χ2n) is 3.09. The van der Waals surface area contributed by atoms with Crippen molar-refractivity contribution in [2.24, 2.45) is 0 Å². The summed E-state index contributed by atoms with van der Waals surface area (Å²) >= 11 is 0. The number of rotatable bonds is 2. The van der Waals surface area contributed by atoms with Crippen LogP contribution in [-0.4, -0.2) is 17.1 Å². The van der Waals surface area contributed by atoms with Crippen LogP contribution in [0.25, 0.3) is 11.0 Å². The number of methoxy groups -OCH3 is 1. The SMILES string of the molecule is COCc1nc2c(C)cccc2[nH]1. The minimum Gasteiger partial charge on any atom is -0.377 e. The summed E-state index contributed by atoms with van der Waals surface area (Å²) in [5.41, 5.74) is 3.30. The first-order chi connectivity index (χ1) is 6.31. The van der Waals surface area contributed by atoms with Gasteiger partial charge in [-0.15, -0.1) is 0 Å². The van der Waals surface area contributed by atoms with Crippen LogP contribution in [0, 0.1) is 6.92 Å². The van der Waals surface area contributed by atoms with Crippen LogP contribution in [0.1, 0.15) is 11.4 Å². The van der Waals surface area contributed by atoms with Gasteiger partial charge in [0.2, 0.25) is 0 Å². The smallest absolute Gasteiger partial charge is 0.133 e. The Labute approximate surface area is 76.8 Å². The number of para-hydroxylation sites is 1. The molecule has 0 bridgehead atoms. The van der Waals surface area contributed by atoms with Crippen molar-refractivity contribution < 1.29 is 4.74 Å². The van der Waals surface area contributed by atoms with Gasteiger partial charge in [0.15, 0.2) is 0 Å². The summed E-state index contributed by atoms with van der Waals surface area (Å²) in [7, 11) is 1.67. The number of hydrogen-bond donors (Lipinski definition) is 1.